The van der Waals surface area contributed by atoms with Crippen LogP contribution >= 0.6 is 0 Å². The number of rotatable bonds is 1. The zero-order valence-electron chi connectivity index (χ0n) is 9.26. The van der Waals surface area contributed by atoms with Gasteiger partial charge in [0, 0.05) is 19.0 Å². The van der Waals surface area contributed by atoms with Gasteiger partial charge in [-0.15, -0.1) is 0 Å². The molecule has 0 aromatic carbocycles. The van der Waals surface area contributed by atoms with Crippen LogP contribution in [0.1, 0.15) is 34.1 Å². The molecule has 2 rings (SSSR count). The molecule has 0 N–H and O–H groups in total. The highest BCUT2D eigenvalue weighted by atomic mass is 16.2. The van der Waals surface area contributed by atoms with E-state index in [2.05, 4.69) is 27.7 Å². The highest BCUT2D eigenvalue weighted by molar-refractivity contribution is 6.38. The van der Waals surface area contributed by atoms with Crippen molar-refractivity contribution < 1.29 is 9.59 Å². The second-order valence-corrected chi connectivity index (χ2v) is 5.52. The number of hydrogen-bond donors (Lipinski definition) is 0. The van der Waals surface area contributed by atoms with E-state index in [0.29, 0.717) is 13.0 Å². The minimum Gasteiger partial charge on any atom is -0.332 e. The number of amides is 1. The van der Waals surface area contributed by atoms with Gasteiger partial charge in [-0.3, -0.25) is 9.59 Å². The number of likely N-dealkylation sites (tertiary alicyclic amines) is 1. The van der Waals surface area contributed by atoms with Crippen LogP contribution < -0.4 is 0 Å². The predicted molar refractivity (Wildman–Crippen MR) is 52.7 cm³/mol. The molecule has 1 aliphatic carbocycles. The van der Waals surface area contributed by atoms with E-state index in [-0.39, 0.29) is 28.6 Å². The lowest BCUT2D eigenvalue weighted by Crippen LogP contribution is -2.33. The van der Waals surface area contributed by atoms with E-state index in [0.717, 1.165) is 0 Å². The maximum atomic E-state index is 11.5. The Labute approximate surface area is 84.5 Å². The first-order valence-electron chi connectivity index (χ1n) is 5.14. The van der Waals surface area contributed by atoms with Crippen molar-refractivity contribution in [3.05, 3.63) is 0 Å². The number of nitrogens with zero attached hydrogens (tertiary/aromatic N) is 1. The first kappa shape index (κ1) is 9.69. The molecule has 0 unspecified atom stereocenters. The van der Waals surface area contributed by atoms with Crippen molar-refractivity contribution >= 4 is 11.7 Å². The van der Waals surface area contributed by atoms with Gasteiger partial charge in [-0.25, -0.2) is 0 Å². The zero-order chi connectivity index (χ0) is 10.7. The normalized spacial score (nSPS) is 29.9. The highest BCUT2D eigenvalue weighted by Gasteiger charge is 2.68. The van der Waals surface area contributed by atoms with E-state index in [1.807, 2.05) is 0 Å². The Kier molecular flexibility index (Phi) is 1.65. The van der Waals surface area contributed by atoms with Gasteiger partial charge in [-0.1, -0.05) is 27.7 Å². The van der Waals surface area contributed by atoms with Crippen LogP contribution in [0.15, 0.2) is 0 Å². The number of ketones is 1. The Balaban J connectivity index is 2.21. The molecular weight excluding hydrogens is 178 g/mol. The van der Waals surface area contributed by atoms with E-state index >= 15 is 0 Å². The zero-order valence-corrected chi connectivity index (χ0v) is 9.26. The minimum atomic E-state index is -0.270. The topological polar surface area (TPSA) is 37.4 Å². The molecule has 0 spiro atoms. The summed E-state index contributed by atoms with van der Waals surface area (Å²) >= 11 is 0. The lowest BCUT2D eigenvalue weighted by Gasteiger charge is -2.16. The summed E-state index contributed by atoms with van der Waals surface area (Å²) in [5.41, 5.74) is 0.292. The van der Waals surface area contributed by atoms with Gasteiger partial charge >= 0.3 is 0 Å². The summed E-state index contributed by atoms with van der Waals surface area (Å²) in [4.78, 5) is 24.5. The Morgan fingerprint density at radius 1 is 1.14 bits per heavy atom. The molecule has 1 saturated heterocycles. The van der Waals surface area contributed by atoms with E-state index in [9.17, 15) is 9.59 Å². The molecule has 78 valence electrons. The quantitative estimate of drug-likeness (QED) is 0.590. The third-order valence-corrected chi connectivity index (χ3v) is 4.34. The Bertz CT molecular complexity index is 303. The fourth-order valence-electron chi connectivity index (χ4n) is 2.78. The van der Waals surface area contributed by atoms with Crippen LogP contribution in [0.3, 0.4) is 0 Å². The minimum absolute atomic E-state index is 0.146. The maximum Gasteiger partial charge on any atom is 0.290 e. The summed E-state index contributed by atoms with van der Waals surface area (Å²) in [6, 6.07) is 0.244. The molecule has 3 heteroatoms. The van der Waals surface area contributed by atoms with Crippen LogP contribution in [0.5, 0.6) is 0 Å². The fraction of sp³-hybridized carbons (Fsp3) is 0.818. The number of carbonyl (C=O) groups is 2. The van der Waals surface area contributed by atoms with Crippen molar-refractivity contribution in [3.8, 4) is 0 Å². The smallest absolute Gasteiger partial charge is 0.290 e. The Morgan fingerprint density at radius 2 is 1.64 bits per heavy atom. The standard InChI is InChI=1S/C11H17NO2/c1-10(2)9(11(10,3)4)12-6-5-7(13)8(12)14/h9H,5-6H2,1-4H3. The first-order valence-corrected chi connectivity index (χ1v) is 5.14. The van der Waals surface area contributed by atoms with Gasteiger partial charge in [0.15, 0.2) is 0 Å². The third-order valence-electron chi connectivity index (χ3n) is 4.34. The van der Waals surface area contributed by atoms with Gasteiger partial charge in [0.2, 0.25) is 5.78 Å². The molecule has 0 aromatic heterocycles. The van der Waals surface area contributed by atoms with Crippen LogP contribution in [-0.2, 0) is 9.59 Å². The van der Waals surface area contributed by atoms with Gasteiger partial charge in [0.25, 0.3) is 5.91 Å². The van der Waals surface area contributed by atoms with E-state index in [4.69, 9.17) is 0 Å². The molecule has 0 aromatic rings. The summed E-state index contributed by atoms with van der Waals surface area (Å²) in [5.74, 6) is -0.489. The number of hydrogen-bond acceptors (Lipinski definition) is 2. The highest BCUT2D eigenvalue weighted by Crippen LogP contribution is 2.65. The Hall–Kier alpha value is -0.860. The van der Waals surface area contributed by atoms with Gasteiger partial charge < -0.3 is 4.90 Å². The third kappa shape index (κ3) is 0.928. The van der Waals surface area contributed by atoms with Crippen molar-refractivity contribution in [2.24, 2.45) is 10.8 Å². The molecule has 3 nitrogen and oxygen atoms in total. The fourth-order valence-corrected chi connectivity index (χ4v) is 2.78. The summed E-state index contributed by atoms with van der Waals surface area (Å²) in [7, 11) is 0. The van der Waals surface area contributed by atoms with Crippen molar-refractivity contribution in [1.82, 2.24) is 4.90 Å². The number of carbonyl (C=O) groups excluding carboxylic acids is 2. The maximum absolute atomic E-state index is 11.5. The molecule has 1 heterocycles. The largest absolute Gasteiger partial charge is 0.332 e. The molecule has 1 saturated carbocycles. The Morgan fingerprint density at radius 3 is 1.93 bits per heavy atom. The van der Waals surface area contributed by atoms with Crippen molar-refractivity contribution in [1.29, 1.82) is 0 Å². The van der Waals surface area contributed by atoms with Crippen molar-refractivity contribution in [2.45, 2.75) is 40.2 Å². The lowest BCUT2D eigenvalue weighted by atomic mass is 10.0. The first-order chi connectivity index (χ1) is 6.30. The molecular formula is C11H17NO2. The second-order valence-electron chi connectivity index (χ2n) is 5.52. The summed E-state index contributed by atoms with van der Waals surface area (Å²) < 4.78 is 0. The molecule has 0 atom stereocenters. The number of Topliss-reactive ketones (excluding diaryl/α,β-unsaturated/α-hetero) is 1. The van der Waals surface area contributed by atoms with Crippen LogP contribution in [0.4, 0.5) is 0 Å². The SMILES string of the molecule is CC1(C)C(N2CCC(=O)C2=O)C1(C)C. The molecule has 0 radical (unpaired) electrons. The molecule has 1 aliphatic heterocycles. The van der Waals surface area contributed by atoms with Crippen LogP contribution in [0.25, 0.3) is 0 Å². The molecule has 2 fully saturated rings. The lowest BCUT2D eigenvalue weighted by molar-refractivity contribution is -0.140. The molecule has 0 bridgehead atoms. The van der Waals surface area contributed by atoms with Crippen molar-refractivity contribution in [2.75, 3.05) is 6.54 Å². The average molecular weight is 195 g/mol. The molecule has 14 heavy (non-hydrogen) atoms. The molecule has 1 amide bonds. The van der Waals surface area contributed by atoms with Gasteiger partial charge in [0.1, 0.15) is 0 Å². The van der Waals surface area contributed by atoms with E-state index in [1.54, 1.807) is 4.90 Å². The molecule has 2 aliphatic rings. The average Bonchev–Trinajstić information content (AvgIpc) is 2.36. The summed E-state index contributed by atoms with van der Waals surface area (Å²) in [6.45, 7) is 9.26. The van der Waals surface area contributed by atoms with E-state index in [1.165, 1.54) is 0 Å². The van der Waals surface area contributed by atoms with Crippen LogP contribution in [0, 0.1) is 10.8 Å². The van der Waals surface area contributed by atoms with Gasteiger partial charge in [0.05, 0.1) is 0 Å². The van der Waals surface area contributed by atoms with E-state index < -0.39 is 0 Å². The summed E-state index contributed by atoms with van der Waals surface area (Å²) in [6.07, 6.45) is 0.404. The summed E-state index contributed by atoms with van der Waals surface area (Å²) in [5, 5.41) is 0. The predicted octanol–water partition coefficient (Wildman–Crippen LogP) is 1.22. The van der Waals surface area contributed by atoms with Gasteiger partial charge in [-0.2, -0.15) is 0 Å². The second kappa shape index (κ2) is 2.38. The van der Waals surface area contributed by atoms with Crippen molar-refractivity contribution in [3.63, 3.8) is 0 Å². The van der Waals surface area contributed by atoms with Crippen LogP contribution in [-0.4, -0.2) is 29.2 Å². The van der Waals surface area contributed by atoms with Crippen LogP contribution in [0.2, 0.25) is 0 Å². The van der Waals surface area contributed by atoms with Gasteiger partial charge in [-0.05, 0) is 10.8 Å². The monoisotopic (exact) mass is 195 g/mol.